The quantitative estimate of drug-likeness (QED) is 0.135. The first-order valence-corrected chi connectivity index (χ1v) is 20.0. The fraction of sp³-hybridized carbons (Fsp3) is 0.742. The minimum Gasteiger partial charge on any atom is -0.414 e. The van der Waals surface area contributed by atoms with Crippen LogP contribution >= 0.6 is 0 Å². The maximum atomic E-state index is 10.9. The van der Waals surface area contributed by atoms with E-state index in [1.807, 2.05) is 37.3 Å². The summed E-state index contributed by atoms with van der Waals surface area (Å²) in [6.45, 7) is 28.4. The van der Waals surface area contributed by atoms with Crippen molar-refractivity contribution in [2.45, 2.75) is 136 Å². The van der Waals surface area contributed by atoms with Crippen molar-refractivity contribution in [2.75, 3.05) is 6.61 Å². The van der Waals surface area contributed by atoms with Gasteiger partial charge in [-0.1, -0.05) is 91.0 Å². The standard InChI is InChI=1S/C31H58O4Si2/c1-13-18-28(32)25(2)29(35-37(11,12)31(6,7)8)23-27(34-36(9,10)30(3,4)5)21-17-22-33-24-26-19-15-14-16-20-26/h13-16,18-20,25,27-29,32H,17,21-24H2,1-12H3/b18-13-/t25-,27-,28?,29+/m1/s1. The van der Waals surface area contributed by atoms with Crippen molar-refractivity contribution in [3.63, 3.8) is 0 Å². The number of aliphatic hydroxyl groups is 1. The molecule has 0 spiro atoms. The Labute approximate surface area is 231 Å². The summed E-state index contributed by atoms with van der Waals surface area (Å²) in [4.78, 5) is 0. The van der Waals surface area contributed by atoms with E-state index in [0.717, 1.165) is 19.3 Å². The molecule has 1 unspecified atom stereocenters. The lowest BCUT2D eigenvalue weighted by atomic mass is 9.92. The van der Waals surface area contributed by atoms with Crippen LogP contribution in [-0.2, 0) is 20.2 Å². The van der Waals surface area contributed by atoms with Gasteiger partial charge in [0.25, 0.3) is 0 Å². The zero-order valence-electron chi connectivity index (χ0n) is 26.1. The molecule has 1 aromatic rings. The Hall–Kier alpha value is -0.766. The van der Waals surface area contributed by atoms with Crippen LogP contribution in [0, 0.1) is 5.92 Å². The summed E-state index contributed by atoms with van der Waals surface area (Å²) >= 11 is 0. The maximum absolute atomic E-state index is 10.9. The molecule has 1 aromatic carbocycles. The molecule has 214 valence electrons. The monoisotopic (exact) mass is 550 g/mol. The molecule has 4 atom stereocenters. The number of ether oxygens (including phenoxy) is 1. The molecule has 6 heteroatoms. The smallest absolute Gasteiger partial charge is 0.192 e. The van der Waals surface area contributed by atoms with Crippen molar-refractivity contribution in [3.05, 3.63) is 48.0 Å². The van der Waals surface area contributed by atoms with E-state index in [-0.39, 0.29) is 28.2 Å². The Balaban J connectivity index is 3.07. The van der Waals surface area contributed by atoms with Crippen molar-refractivity contribution in [3.8, 4) is 0 Å². The summed E-state index contributed by atoms with van der Waals surface area (Å²) in [6.07, 6.45) is 5.90. The van der Waals surface area contributed by atoms with Crippen molar-refractivity contribution in [1.82, 2.24) is 0 Å². The van der Waals surface area contributed by atoms with E-state index in [1.54, 1.807) is 0 Å². The van der Waals surface area contributed by atoms with Crippen LogP contribution in [-0.4, -0.2) is 46.7 Å². The van der Waals surface area contributed by atoms with Crippen LogP contribution in [0.25, 0.3) is 0 Å². The molecule has 0 amide bonds. The van der Waals surface area contributed by atoms with E-state index in [1.165, 1.54) is 5.56 Å². The van der Waals surface area contributed by atoms with Crippen molar-refractivity contribution >= 4 is 16.6 Å². The van der Waals surface area contributed by atoms with E-state index >= 15 is 0 Å². The van der Waals surface area contributed by atoms with E-state index in [9.17, 15) is 5.11 Å². The topological polar surface area (TPSA) is 47.9 Å². The number of hydrogen-bond donors (Lipinski definition) is 1. The Morgan fingerprint density at radius 2 is 1.43 bits per heavy atom. The molecule has 1 N–H and O–H groups in total. The van der Waals surface area contributed by atoms with Crippen LogP contribution in [0.15, 0.2) is 42.5 Å². The Kier molecular flexibility index (Phi) is 13.5. The molecular weight excluding hydrogens is 493 g/mol. The summed E-state index contributed by atoms with van der Waals surface area (Å²) in [5.41, 5.74) is 1.20. The molecule has 4 nitrogen and oxygen atoms in total. The van der Waals surface area contributed by atoms with E-state index < -0.39 is 22.7 Å². The van der Waals surface area contributed by atoms with Gasteiger partial charge >= 0.3 is 0 Å². The predicted molar refractivity (Wildman–Crippen MR) is 164 cm³/mol. The van der Waals surface area contributed by atoms with Gasteiger partial charge in [0.05, 0.1) is 18.8 Å². The third-order valence-electron chi connectivity index (χ3n) is 8.46. The zero-order valence-corrected chi connectivity index (χ0v) is 28.1. The molecule has 0 bridgehead atoms. The zero-order chi connectivity index (χ0) is 28.5. The average molecular weight is 551 g/mol. The highest BCUT2D eigenvalue weighted by molar-refractivity contribution is 6.74. The van der Waals surface area contributed by atoms with Gasteiger partial charge in [0, 0.05) is 18.6 Å². The normalized spacial score (nSPS) is 17.1. The lowest BCUT2D eigenvalue weighted by Gasteiger charge is -2.44. The number of allylic oxidation sites excluding steroid dienone is 1. The lowest BCUT2D eigenvalue weighted by molar-refractivity contribution is 0.0145. The van der Waals surface area contributed by atoms with Gasteiger partial charge in [-0.3, -0.25) is 0 Å². The largest absolute Gasteiger partial charge is 0.414 e. The summed E-state index contributed by atoms with van der Waals surface area (Å²) in [6, 6.07) is 10.3. The third-order valence-corrected chi connectivity index (χ3v) is 17.5. The van der Waals surface area contributed by atoms with E-state index in [2.05, 4.69) is 86.8 Å². The van der Waals surface area contributed by atoms with Crippen LogP contribution in [0.3, 0.4) is 0 Å². The van der Waals surface area contributed by atoms with Crippen molar-refractivity contribution in [1.29, 1.82) is 0 Å². The SMILES string of the molecule is C/C=C\C(O)[C@@H](C)[C@H](C[C@@H](CCCOCc1ccccc1)O[Si](C)(C)C(C)(C)C)O[Si](C)(C)C(C)(C)C. The number of hydrogen-bond acceptors (Lipinski definition) is 4. The van der Waals surface area contributed by atoms with Crippen LogP contribution in [0.5, 0.6) is 0 Å². The fourth-order valence-electron chi connectivity index (χ4n) is 3.77. The van der Waals surface area contributed by atoms with Gasteiger partial charge in [-0.25, -0.2) is 0 Å². The Morgan fingerprint density at radius 3 is 1.95 bits per heavy atom. The summed E-state index contributed by atoms with van der Waals surface area (Å²) in [5, 5.41) is 11.1. The molecule has 0 aliphatic carbocycles. The minimum absolute atomic E-state index is 0.0230. The van der Waals surface area contributed by atoms with Crippen LogP contribution < -0.4 is 0 Å². The van der Waals surface area contributed by atoms with Crippen molar-refractivity contribution in [2.24, 2.45) is 5.92 Å². The van der Waals surface area contributed by atoms with Gasteiger partial charge in [-0.15, -0.1) is 0 Å². The highest BCUT2D eigenvalue weighted by atomic mass is 28.4. The molecule has 0 heterocycles. The summed E-state index contributed by atoms with van der Waals surface area (Å²) in [5.74, 6) is -0.0230. The Morgan fingerprint density at radius 1 is 0.892 bits per heavy atom. The molecule has 0 saturated carbocycles. The summed E-state index contributed by atoms with van der Waals surface area (Å²) in [7, 11) is -4.04. The number of aliphatic hydroxyl groups excluding tert-OH is 1. The predicted octanol–water partition coefficient (Wildman–Crippen LogP) is 8.73. The van der Waals surface area contributed by atoms with E-state index in [0.29, 0.717) is 13.2 Å². The first-order chi connectivity index (χ1) is 16.9. The van der Waals surface area contributed by atoms with Gasteiger partial charge in [0.15, 0.2) is 16.6 Å². The van der Waals surface area contributed by atoms with Gasteiger partial charge in [0.2, 0.25) is 0 Å². The summed E-state index contributed by atoms with van der Waals surface area (Å²) < 4.78 is 20.0. The first-order valence-electron chi connectivity index (χ1n) is 14.2. The van der Waals surface area contributed by atoms with Gasteiger partial charge in [-0.05, 0) is 68.0 Å². The second-order valence-electron chi connectivity index (χ2n) is 13.7. The molecule has 0 saturated heterocycles. The fourth-order valence-corrected chi connectivity index (χ4v) is 6.59. The molecule has 0 radical (unpaired) electrons. The highest BCUT2D eigenvalue weighted by Gasteiger charge is 2.43. The minimum atomic E-state index is -2.05. The average Bonchev–Trinajstić information content (AvgIpc) is 2.76. The van der Waals surface area contributed by atoms with Gasteiger partial charge in [0.1, 0.15) is 0 Å². The maximum Gasteiger partial charge on any atom is 0.192 e. The molecule has 37 heavy (non-hydrogen) atoms. The highest BCUT2D eigenvalue weighted by Crippen LogP contribution is 2.41. The lowest BCUT2D eigenvalue weighted by Crippen LogP contribution is -2.49. The molecule has 1 rings (SSSR count). The van der Waals surface area contributed by atoms with Crippen LogP contribution in [0.1, 0.15) is 80.2 Å². The molecule has 0 fully saturated rings. The number of rotatable bonds is 15. The first kappa shape index (κ1) is 34.3. The molecule has 0 aliphatic rings. The van der Waals surface area contributed by atoms with Crippen LogP contribution in [0.4, 0.5) is 0 Å². The van der Waals surface area contributed by atoms with E-state index in [4.69, 9.17) is 13.6 Å². The molecule has 0 aliphatic heterocycles. The Bertz CT molecular complexity index is 794. The van der Waals surface area contributed by atoms with Crippen molar-refractivity contribution < 1.29 is 18.7 Å². The van der Waals surface area contributed by atoms with Crippen LogP contribution in [0.2, 0.25) is 36.3 Å². The molecular formula is C31H58O4Si2. The molecule has 0 aromatic heterocycles. The van der Waals surface area contributed by atoms with Gasteiger partial charge in [-0.2, -0.15) is 0 Å². The van der Waals surface area contributed by atoms with Gasteiger partial charge < -0.3 is 18.7 Å². The number of benzene rings is 1. The third kappa shape index (κ3) is 11.5. The second kappa shape index (κ2) is 14.6. The second-order valence-corrected chi connectivity index (χ2v) is 23.2.